The summed E-state index contributed by atoms with van der Waals surface area (Å²) < 4.78 is 5.43. The standard InChI is InChI=1S/C21H30ClN3O3/c1-14(2)28-21(27)19(15(3)23)20(17-5-4-6-18(22)11-17)25(13-26)12-16-7-9-24-10-8-16/h4-6,11,13-14,16,20,24H,7-10,12,23H2,1-3H3/b19-15+. The topological polar surface area (TPSA) is 84.7 Å². The van der Waals surface area contributed by atoms with Gasteiger partial charge in [0.15, 0.2) is 0 Å². The molecule has 1 unspecified atom stereocenters. The van der Waals surface area contributed by atoms with Gasteiger partial charge in [0, 0.05) is 17.3 Å². The Morgan fingerprint density at radius 3 is 2.61 bits per heavy atom. The Hall–Kier alpha value is -2.05. The third-order valence-electron chi connectivity index (χ3n) is 4.82. The first-order chi connectivity index (χ1) is 13.3. The molecule has 1 saturated heterocycles. The average Bonchev–Trinajstić information content (AvgIpc) is 2.64. The molecule has 6 nitrogen and oxygen atoms in total. The molecule has 0 bridgehead atoms. The summed E-state index contributed by atoms with van der Waals surface area (Å²) in [5.74, 6) is -0.161. The van der Waals surface area contributed by atoms with E-state index in [2.05, 4.69) is 5.32 Å². The summed E-state index contributed by atoms with van der Waals surface area (Å²) >= 11 is 6.20. The SMILES string of the molecule is C/C(N)=C(\C(=O)OC(C)C)C(c1cccc(Cl)c1)N(C=O)CC1CCNCC1. The van der Waals surface area contributed by atoms with Gasteiger partial charge in [-0.25, -0.2) is 4.79 Å². The third-order valence-corrected chi connectivity index (χ3v) is 5.06. The molecule has 0 spiro atoms. The molecule has 1 fully saturated rings. The van der Waals surface area contributed by atoms with Gasteiger partial charge < -0.3 is 20.7 Å². The minimum atomic E-state index is -0.651. The van der Waals surface area contributed by atoms with E-state index in [1.807, 2.05) is 6.07 Å². The van der Waals surface area contributed by atoms with Crippen molar-refractivity contribution < 1.29 is 14.3 Å². The summed E-state index contributed by atoms with van der Waals surface area (Å²) in [7, 11) is 0. The molecule has 3 N–H and O–H groups in total. The van der Waals surface area contributed by atoms with Gasteiger partial charge in [-0.05, 0) is 70.3 Å². The molecule has 28 heavy (non-hydrogen) atoms. The molecule has 154 valence electrons. The van der Waals surface area contributed by atoms with Crippen molar-refractivity contribution in [3.63, 3.8) is 0 Å². The third kappa shape index (κ3) is 5.97. The fraction of sp³-hybridized carbons (Fsp3) is 0.524. The molecule has 1 heterocycles. The molecule has 0 saturated carbocycles. The van der Waals surface area contributed by atoms with E-state index in [-0.39, 0.29) is 11.7 Å². The lowest BCUT2D eigenvalue weighted by atomic mass is 9.92. The molecular formula is C21H30ClN3O3. The maximum atomic E-state index is 12.9. The number of ether oxygens (including phenoxy) is 1. The van der Waals surface area contributed by atoms with Gasteiger partial charge in [0.05, 0.1) is 17.7 Å². The number of esters is 1. The normalized spacial score (nSPS) is 17.0. The van der Waals surface area contributed by atoms with E-state index in [1.165, 1.54) is 0 Å². The number of piperidine rings is 1. The van der Waals surface area contributed by atoms with Crippen LogP contribution in [0.1, 0.15) is 45.2 Å². The van der Waals surface area contributed by atoms with E-state index < -0.39 is 12.0 Å². The number of carbonyl (C=O) groups is 2. The zero-order valence-electron chi connectivity index (χ0n) is 16.8. The number of rotatable bonds is 8. The smallest absolute Gasteiger partial charge is 0.338 e. The van der Waals surface area contributed by atoms with Crippen molar-refractivity contribution in [3.05, 3.63) is 46.1 Å². The first-order valence-electron chi connectivity index (χ1n) is 9.68. The van der Waals surface area contributed by atoms with Crippen molar-refractivity contribution in [2.75, 3.05) is 19.6 Å². The number of nitrogens with two attached hydrogens (primary N) is 1. The van der Waals surface area contributed by atoms with E-state index in [9.17, 15) is 9.59 Å². The van der Waals surface area contributed by atoms with Crippen molar-refractivity contribution in [1.29, 1.82) is 0 Å². The van der Waals surface area contributed by atoms with Gasteiger partial charge in [-0.15, -0.1) is 0 Å². The number of halogens is 1. The Balaban J connectivity index is 2.46. The Labute approximate surface area is 172 Å². The molecule has 1 aromatic carbocycles. The number of nitrogens with one attached hydrogen (secondary N) is 1. The van der Waals surface area contributed by atoms with Crippen LogP contribution in [-0.4, -0.2) is 43.0 Å². The second kappa shape index (κ2) is 10.5. The highest BCUT2D eigenvalue weighted by molar-refractivity contribution is 6.30. The number of carbonyl (C=O) groups excluding carboxylic acids is 2. The van der Waals surface area contributed by atoms with E-state index >= 15 is 0 Å². The van der Waals surface area contributed by atoms with Crippen LogP contribution in [0.25, 0.3) is 0 Å². The lowest BCUT2D eigenvalue weighted by Crippen LogP contribution is -2.40. The highest BCUT2D eigenvalue weighted by atomic mass is 35.5. The summed E-state index contributed by atoms with van der Waals surface area (Å²) in [6, 6.07) is 6.51. The zero-order chi connectivity index (χ0) is 20.7. The lowest BCUT2D eigenvalue weighted by molar-refractivity contribution is -0.143. The highest BCUT2D eigenvalue weighted by Gasteiger charge is 2.32. The Morgan fingerprint density at radius 1 is 1.39 bits per heavy atom. The maximum absolute atomic E-state index is 12.9. The van der Waals surface area contributed by atoms with Crippen molar-refractivity contribution in [3.8, 4) is 0 Å². The molecule has 1 aliphatic rings. The molecule has 0 aliphatic carbocycles. The predicted octanol–water partition coefficient (Wildman–Crippen LogP) is 3.02. The Kier molecular flexibility index (Phi) is 8.33. The van der Waals surface area contributed by atoms with Gasteiger partial charge in [-0.1, -0.05) is 23.7 Å². The summed E-state index contributed by atoms with van der Waals surface area (Å²) in [6.45, 7) is 7.60. The molecule has 1 atom stereocenters. The first kappa shape index (κ1) is 22.2. The maximum Gasteiger partial charge on any atom is 0.338 e. The van der Waals surface area contributed by atoms with Crippen LogP contribution < -0.4 is 11.1 Å². The van der Waals surface area contributed by atoms with Crippen LogP contribution in [0.4, 0.5) is 0 Å². The molecular weight excluding hydrogens is 378 g/mol. The van der Waals surface area contributed by atoms with E-state index in [4.69, 9.17) is 22.1 Å². The lowest BCUT2D eigenvalue weighted by Gasteiger charge is -2.35. The summed E-state index contributed by atoms with van der Waals surface area (Å²) in [4.78, 5) is 26.6. The van der Waals surface area contributed by atoms with Gasteiger partial charge in [0.2, 0.25) is 6.41 Å². The van der Waals surface area contributed by atoms with Gasteiger partial charge in [0.1, 0.15) is 0 Å². The van der Waals surface area contributed by atoms with Gasteiger partial charge >= 0.3 is 5.97 Å². The van der Waals surface area contributed by atoms with Crippen LogP contribution in [0.2, 0.25) is 5.02 Å². The Bertz CT molecular complexity index is 711. The summed E-state index contributed by atoms with van der Waals surface area (Å²) in [5, 5.41) is 3.86. The quantitative estimate of drug-likeness (QED) is 0.393. The minimum absolute atomic E-state index is 0.275. The van der Waals surface area contributed by atoms with Crippen LogP contribution in [0.15, 0.2) is 35.5 Å². The van der Waals surface area contributed by atoms with Gasteiger partial charge in [-0.3, -0.25) is 4.79 Å². The monoisotopic (exact) mass is 407 g/mol. The summed E-state index contributed by atoms with van der Waals surface area (Å²) in [5.41, 5.74) is 7.44. The first-order valence-corrected chi connectivity index (χ1v) is 10.1. The van der Waals surface area contributed by atoms with Crippen molar-refractivity contribution in [1.82, 2.24) is 10.2 Å². The van der Waals surface area contributed by atoms with Crippen molar-refractivity contribution in [2.45, 2.75) is 45.8 Å². The van der Waals surface area contributed by atoms with Crippen LogP contribution in [0, 0.1) is 5.92 Å². The van der Waals surface area contributed by atoms with Crippen LogP contribution in [0.5, 0.6) is 0 Å². The number of benzene rings is 1. The fourth-order valence-electron chi connectivity index (χ4n) is 3.54. The second-order valence-corrected chi connectivity index (χ2v) is 7.94. The molecule has 2 rings (SSSR count). The van der Waals surface area contributed by atoms with E-state index in [0.29, 0.717) is 23.2 Å². The average molecular weight is 408 g/mol. The molecule has 7 heteroatoms. The highest BCUT2D eigenvalue weighted by Crippen LogP contribution is 2.33. The number of hydrogen-bond donors (Lipinski definition) is 2. The zero-order valence-corrected chi connectivity index (χ0v) is 17.5. The van der Waals surface area contributed by atoms with Gasteiger partial charge in [0.25, 0.3) is 0 Å². The number of amides is 1. The van der Waals surface area contributed by atoms with Crippen molar-refractivity contribution in [2.24, 2.45) is 11.7 Å². The number of allylic oxidation sites excluding steroid dienone is 1. The number of hydrogen-bond acceptors (Lipinski definition) is 5. The molecule has 0 aromatic heterocycles. The summed E-state index contributed by atoms with van der Waals surface area (Å²) in [6.07, 6.45) is 2.45. The molecule has 1 aliphatic heterocycles. The minimum Gasteiger partial charge on any atom is -0.459 e. The van der Waals surface area contributed by atoms with E-state index in [0.717, 1.165) is 37.9 Å². The number of nitrogens with zero attached hydrogens (tertiary/aromatic N) is 1. The van der Waals surface area contributed by atoms with Crippen molar-refractivity contribution >= 4 is 24.0 Å². The second-order valence-electron chi connectivity index (χ2n) is 7.50. The fourth-order valence-corrected chi connectivity index (χ4v) is 3.74. The van der Waals surface area contributed by atoms with Gasteiger partial charge in [-0.2, -0.15) is 0 Å². The Morgan fingerprint density at radius 2 is 2.07 bits per heavy atom. The van der Waals surface area contributed by atoms with Crippen LogP contribution in [0.3, 0.4) is 0 Å². The largest absolute Gasteiger partial charge is 0.459 e. The molecule has 0 radical (unpaired) electrons. The van der Waals surface area contributed by atoms with Crippen LogP contribution in [-0.2, 0) is 14.3 Å². The molecule has 1 aromatic rings. The predicted molar refractivity (Wildman–Crippen MR) is 111 cm³/mol. The molecule has 1 amide bonds. The van der Waals surface area contributed by atoms with Crippen LogP contribution >= 0.6 is 11.6 Å². The van der Waals surface area contributed by atoms with E-state index in [1.54, 1.807) is 43.9 Å².